The van der Waals surface area contributed by atoms with Gasteiger partial charge in [0, 0.05) is 12.6 Å². The first kappa shape index (κ1) is 10.2. The zero-order valence-corrected chi connectivity index (χ0v) is 7.78. The molecule has 3 heteroatoms. The van der Waals surface area contributed by atoms with E-state index in [0.29, 0.717) is 5.69 Å². The lowest BCUT2D eigenvalue weighted by Gasteiger charge is -2.04. The van der Waals surface area contributed by atoms with Crippen molar-refractivity contribution in [3.05, 3.63) is 35.9 Å². The zero-order chi connectivity index (χ0) is 10.4. The normalized spacial score (nSPS) is 10.1. The number of hydrogen-bond donors (Lipinski definition) is 1. The van der Waals surface area contributed by atoms with Gasteiger partial charge in [-0.15, -0.1) is 0 Å². The number of carbonyl (C=O) groups excluding carboxylic acids is 2. The van der Waals surface area contributed by atoms with Gasteiger partial charge in [-0.05, 0) is 23.8 Å². The number of amides is 1. The van der Waals surface area contributed by atoms with E-state index in [9.17, 15) is 9.59 Å². The monoisotopic (exact) mass is 188 g/mol. The Morgan fingerprint density at radius 2 is 2.14 bits per heavy atom. The smallest absolute Gasteiger partial charge is 0.225 e. The zero-order valence-electron chi connectivity index (χ0n) is 7.78. The van der Waals surface area contributed by atoms with Crippen LogP contribution in [-0.2, 0) is 9.59 Å². The summed E-state index contributed by atoms with van der Waals surface area (Å²) in [5, 5.41) is 2.66. The highest BCUT2D eigenvalue weighted by molar-refractivity contribution is 5.91. The lowest BCUT2D eigenvalue weighted by Crippen LogP contribution is -2.06. The Hall–Kier alpha value is -1.90. The minimum Gasteiger partial charge on any atom is -0.326 e. The largest absolute Gasteiger partial charge is 0.326 e. The first-order valence-electron chi connectivity index (χ1n) is 4.15. The molecule has 0 saturated carbocycles. The van der Waals surface area contributed by atoms with Crippen molar-refractivity contribution in [2.45, 2.75) is 6.92 Å². The predicted molar refractivity (Wildman–Crippen MR) is 55.5 cm³/mol. The van der Waals surface area contributed by atoms with E-state index in [1.807, 2.05) is 12.1 Å². The molecule has 0 bridgehead atoms. The number of nitrogens with one attached hydrogen (secondary N) is 1. The van der Waals surface area contributed by atoms with Crippen LogP contribution in [0.2, 0.25) is 0 Å². The fourth-order valence-electron chi connectivity index (χ4n) is 1.07. The van der Waals surface area contributed by atoms with Crippen molar-refractivity contribution in [2.24, 2.45) is 0 Å². The van der Waals surface area contributed by atoms with E-state index in [4.69, 9.17) is 0 Å². The maximum Gasteiger partial charge on any atom is 0.225 e. The number of carbonyl (C=O) groups is 1. The first-order chi connectivity index (χ1) is 6.74. The summed E-state index contributed by atoms with van der Waals surface area (Å²) in [5.74, 6) is -0.138. The third kappa shape index (κ3) is 2.86. The second kappa shape index (κ2) is 4.97. The standard InChI is InChI=1S/C11H10NO2/c1-9(14)12-11-7-3-2-5-10(11)6-4-8-13/h2-7H,1H3,(H,12,14)/b6-4+. The number of para-hydroxylation sites is 1. The van der Waals surface area contributed by atoms with Crippen LogP contribution in [0.25, 0.3) is 6.08 Å². The summed E-state index contributed by atoms with van der Waals surface area (Å²) in [5.41, 5.74) is 1.47. The molecule has 0 atom stereocenters. The Labute approximate surface area is 82.4 Å². The van der Waals surface area contributed by atoms with Gasteiger partial charge in [0.2, 0.25) is 12.2 Å². The van der Waals surface area contributed by atoms with Gasteiger partial charge in [0.15, 0.2) is 0 Å². The molecule has 0 spiro atoms. The van der Waals surface area contributed by atoms with E-state index in [1.54, 1.807) is 24.5 Å². The maximum atomic E-state index is 10.8. The molecule has 1 aromatic carbocycles. The minimum absolute atomic E-state index is 0.138. The molecule has 0 aromatic heterocycles. The number of benzene rings is 1. The Balaban J connectivity index is 2.96. The van der Waals surface area contributed by atoms with Crippen molar-refractivity contribution in [1.82, 2.24) is 0 Å². The fraction of sp³-hybridized carbons (Fsp3) is 0.0909. The molecule has 71 valence electrons. The number of hydrogen-bond acceptors (Lipinski definition) is 2. The van der Waals surface area contributed by atoms with Crippen molar-refractivity contribution in [2.75, 3.05) is 5.32 Å². The van der Waals surface area contributed by atoms with Crippen molar-refractivity contribution in [1.29, 1.82) is 0 Å². The Morgan fingerprint density at radius 3 is 2.79 bits per heavy atom. The van der Waals surface area contributed by atoms with Crippen molar-refractivity contribution < 1.29 is 9.59 Å². The molecule has 3 nitrogen and oxygen atoms in total. The SMILES string of the molecule is CC(=O)Nc1ccccc1/C=C/[C]=O. The lowest BCUT2D eigenvalue weighted by atomic mass is 10.1. The van der Waals surface area contributed by atoms with E-state index >= 15 is 0 Å². The van der Waals surface area contributed by atoms with Gasteiger partial charge in [0.05, 0.1) is 0 Å². The van der Waals surface area contributed by atoms with Gasteiger partial charge >= 0.3 is 0 Å². The summed E-state index contributed by atoms with van der Waals surface area (Å²) in [4.78, 5) is 20.8. The van der Waals surface area contributed by atoms with Gasteiger partial charge in [-0.3, -0.25) is 9.59 Å². The van der Waals surface area contributed by atoms with Crippen LogP contribution in [0.5, 0.6) is 0 Å². The highest BCUT2D eigenvalue weighted by Crippen LogP contribution is 2.15. The second-order valence-corrected chi connectivity index (χ2v) is 2.72. The molecule has 1 amide bonds. The molecule has 0 aliphatic rings. The quantitative estimate of drug-likeness (QED) is 0.735. The summed E-state index contributed by atoms with van der Waals surface area (Å²) in [6, 6.07) is 7.22. The van der Waals surface area contributed by atoms with Crippen LogP contribution in [0.3, 0.4) is 0 Å². The van der Waals surface area contributed by atoms with Crippen molar-refractivity contribution >= 4 is 24.0 Å². The van der Waals surface area contributed by atoms with Crippen LogP contribution < -0.4 is 5.32 Å². The number of rotatable bonds is 3. The average molecular weight is 188 g/mol. The van der Waals surface area contributed by atoms with Gasteiger partial charge in [0.25, 0.3) is 0 Å². The molecule has 1 rings (SSSR count). The molecule has 0 aliphatic heterocycles. The van der Waals surface area contributed by atoms with Gasteiger partial charge in [-0.2, -0.15) is 0 Å². The molecule has 0 saturated heterocycles. The highest BCUT2D eigenvalue weighted by Gasteiger charge is 1.98. The van der Waals surface area contributed by atoms with Crippen LogP contribution in [0.1, 0.15) is 12.5 Å². The highest BCUT2D eigenvalue weighted by atomic mass is 16.1. The van der Waals surface area contributed by atoms with Crippen LogP contribution in [0.4, 0.5) is 5.69 Å². The number of allylic oxidation sites excluding steroid dienone is 1. The van der Waals surface area contributed by atoms with E-state index in [2.05, 4.69) is 5.32 Å². The van der Waals surface area contributed by atoms with Crippen LogP contribution in [0, 0.1) is 0 Å². The molecule has 14 heavy (non-hydrogen) atoms. The predicted octanol–water partition coefficient (Wildman–Crippen LogP) is 1.77. The molecule has 1 N–H and O–H groups in total. The summed E-state index contributed by atoms with van der Waals surface area (Å²) in [6.07, 6.45) is 4.51. The summed E-state index contributed by atoms with van der Waals surface area (Å²) in [6.45, 7) is 1.44. The third-order valence-electron chi connectivity index (χ3n) is 1.60. The first-order valence-corrected chi connectivity index (χ1v) is 4.15. The van der Waals surface area contributed by atoms with E-state index < -0.39 is 0 Å². The fourth-order valence-corrected chi connectivity index (χ4v) is 1.07. The molecule has 0 unspecified atom stereocenters. The Bertz CT molecular complexity index is 369. The van der Waals surface area contributed by atoms with Crippen molar-refractivity contribution in [3.63, 3.8) is 0 Å². The van der Waals surface area contributed by atoms with Gasteiger partial charge in [-0.25, -0.2) is 0 Å². The molecular weight excluding hydrogens is 178 g/mol. The Morgan fingerprint density at radius 1 is 1.43 bits per heavy atom. The van der Waals surface area contributed by atoms with Gasteiger partial charge in [-0.1, -0.05) is 18.2 Å². The van der Waals surface area contributed by atoms with Crippen molar-refractivity contribution in [3.8, 4) is 0 Å². The summed E-state index contributed by atoms with van der Waals surface area (Å²) in [7, 11) is 0. The number of anilines is 1. The van der Waals surface area contributed by atoms with Crippen LogP contribution in [0.15, 0.2) is 30.3 Å². The molecule has 0 heterocycles. The van der Waals surface area contributed by atoms with E-state index in [-0.39, 0.29) is 5.91 Å². The molecule has 1 aromatic rings. The van der Waals surface area contributed by atoms with Gasteiger partial charge < -0.3 is 5.32 Å². The van der Waals surface area contributed by atoms with E-state index in [0.717, 1.165) is 5.56 Å². The lowest BCUT2D eigenvalue weighted by molar-refractivity contribution is -0.114. The molecule has 0 aliphatic carbocycles. The molecule has 1 radical (unpaired) electrons. The minimum atomic E-state index is -0.138. The third-order valence-corrected chi connectivity index (χ3v) is 1.60. The summed E-state index contributed by atoms with van der Waals surface area (Å²) < 4.78 is 0. The van der Waals surface area contributed by atoms with Gasteiger partial charge in [0.1, 0.15) is 0 Å². The van der Waals surface area contributed by atoms with E-state index in [1.165, 1.54) is 13.0 Å². The average Bonchev–Trinajstić information content (AvgIpc) is 2.16. The van der Waals surface area contributed by atoms with Crippen LogP contribution in [-0.4, -0.2) is 12.2 Å². The summed E-state index contributed by atoms with van der Waals surface area (Å²) >= 11 is 0. The maximum absolute atomic E-state index is 10.8. The molecular formula is C11H10NO2. The molecule has 0 fully saturated rings. The van der Waals surface area contributed by atoms with Crippen LogP contribution >= 0.6 is 0 Å². The topological polar surface area (TPSA) is 46.2 Å². The Kier molecular flexibility index (Phi) is 3.61. The second-order valence-electron chi connectivity index (χ2n) is 2.72.